The molecule has 5 rings (SSSR count). The van der Waals surface area contributed by atoms with Crippen molar-refractivity contribution in [2.75, 3.05) is 0 Å². The minimum atomic E-state index is 0.960. The van der Waals surface area contributed by atoms with Crippen molar-refractivity contribution >= 4 is 11.0 Å². The Labute approximate surface area is 158 Å². The van der Waals surface area contributed by atoms with E-state index < -0.39 is 0 Å². The van der Waals surface area contributed by atoms with Crippen molar-refractivity contribution in [3.63, 3.8) is 0 Å². The summed E-state index contributed by atoms with van der Waals surface area (Å²) in [6, 6.07) is 37.8. The van der Waals surface area contributed by atoms with Gasteiger partial charge in [0, 0.05) is 11.3 Å². The highest BCUT2D eigenvalue weighted by molar-refractivity contribution is 5.87. The average Bonchev–Trinajstić information content (AvgIpc) is 3.14. The molecule has 0 atom stereocenters. The van der Waals surface area contributed by atoms with Crippen molar-refractivity contribution in [2.45, 2.75) is 0 Å². The van der Waals surface area contributed by atoms with Crippen LogP contribution in [0.4, 0.5) is 0 Å². The SMILES string of the molecule is c1ccc(-c2ccc3nc(-c4ccccc4)n(-c4ccccc4)c3c2)cc1. The zero-order chi connectivity index (χ0) is 18.1. The highest BCUT2D eigenvalue weighted by Gasteiger charge is 2.14. The Bertz CT molecular complexity index is 1190. The van der Waals surface area contributed by atoms with Crippen molar-refractivity contribution in [3.8, 4) is 28.2 Å². The zero-order valence-corrected chi connectivity index (χ0v) is 14.8. The van der Waals surface area contributed by atoms with Crippen molar-refractivity contribution in [2.24, 2.45) is 0 Å². The molecule has 0 bridgehead atoms. The van der Waals surface area contributed by atoms with Crippen LogP contribution in [-0.2, 0) is 0 Å². The van der Waals surface area contributed by atoms with Gasteiger partial charge >= 0.3 is 0 Å². The van der Waals surface area contributed by atoms with E-state index in [4.69, 9.17) is 4.98 Å². The number of benzene rings is 4. The first-order valence-electron chi connectivity index (χ1n) is 9.09. The number of aromatic nitrogens is 2. The molecule has 0 aliphatic rings. The summed E-state index contributed by atoms with van der Waals surface area (Å²) in [6.07, 6.45) is 0. The van der Waals surface area contributed by atoms with Crippen LogP contribution in [0.3, 0.4) is 0 Å². The van der Waals surface area contributed by atoms with Gasteiger partial charge < -0.3 is 0 Å². The van der Waals surface area contributed by atoms with Gasteiger partial charge in [-0.1, -0.05) is 84.9 Å². The molecule has 27 heavy (non-hydrogen) atoms. The lowest BCUT2D eigenvalue weighted by atomic mass is 10.1. The lowest BCUT2D eigenvalue weighted by molar-refractivity contribution is 1.10. The van der Waals surface area contributed by atoms with Crippen LogP contribution >= 0.6 is 0 Å². The molecule has 128 valence electrons. The monoisotopic (exact) mass is 346 g/mol. The fourth-order valence-corrected chi connectivity index (χ4v) is 3.50. The second-order valence-corrected chi connectivity index (χ2v) is 6.54. The maximum absolute atomic E-state index is 4.96. The van der Waals surface area contributed by atoms with Crippen LogP contribution in [0.5, 0.6) is 0 Å². The lowest BCUT2D eigenvalue weighted by Gasteiger charge is -2.10. The maximum atomic E-state index is 4.96. The Hall–Kier alpha value is -3.65. The highest BCUT2D eigenvalue weighted by Crippen LogP contribution is 2.31. The van der Waals surface area contributed by atoms with Crippen LogP contribution in [0.15, 0.2) is 109 Å². The van der Waals surface area contributed by atoms with Gasteiger partial charge in [0.05, 0.1) is 11.0 Å². The lowest BCUT2D eigenvalue weighted by Crippen LogP contribution is -1.97. The molecule has 0 amide bonds. The molecule has 0 saturated heterocycles. The van der Waals surface area contributed by atoms with Crippen LogP contribution < -0.4 is 0 Å². The van der Waals surface area contributed by atoms with E-state index in [9.17, 15) is 0 Å². The third-order valence-corrected chi connectivity index (χ3v) is 4.81. The normalized spacial score (nSPS) is 11.0. The molecule has 2 nitrogen and oxygen atoms in total. The van der Waals surface area contributed by atoms with Crippen LogP contribution in [0, 0.1) is 0 Å². The number of hydrogen-bond donors (Lipinski definition) is 0. The van der Waals surface area contributed by atoms with Gasteiger partial charge in [-0.3, -0.25) is 4.57 Å². The third kappa shape index (κ3) is 2.81. The van der Waals surface area contributed by atoms with Gasteiger partial charge in [-0.2, -0.15) is 0 Å². The molecule has 0 saturated carbocycles. The van der Waals surface area contributed by atoms with Gasteiger partial charge in [-0.15, -0.1) is 0 Å². The van der Waals surface area contributed by atoms with Crippen molar-refractivity contribution < 1.29 is 0 Å². The minimum absolute atomic E-state index is 0.960. The van der Waals surface area contributed by atoms with Crippen molar-refractivity contribution in [1.29, 1.82) is 0 Å². The number of rotatable bonds is 3. The number of hydrogen-bond acceptors (Lipinski definition) is 1. The summed E-state index contributed by atoms with van der Waals surface area (Å²) in [4.78, 5) is 4.96. The maximum Gasteiger partial charge on any atom is 0.145 e. The van der Waals surface area contributed by atoms with Gasteiger partial charge in [-0.25, -0.2) is 4.98 Å². The molecular formula is C25H18N2. The summed E-state index contributed by atoms with van der Waals surface area (Å²) in [5.41, 5.74) is 6.74. The number of fused-ring (bicyclic) bond motifs is 1. The number of nitrogens with zero attached hydrogens (tertiary/aromatic N) is 2. The summed E-state index contributed by atoms with van der Waals surface area (Å²) >= 11 is 0. The van der Waals surface area contributed by atoms with E-state index in [1.165, 1.54) is 11.1 Å². The van der Waals surface area contributed by atoms with Crippen LogP contribution in [0.2, 0.25) is 0 Å². The van der Waals surface area contributed by atoms with E-state index in [0.717, 1.165) is 28.1 Å². The standard InChI is InChI=1S/C25H18N2/c1-4-10-19(11-5-1)21-16-17-23-24(18-21)27(22-14-8-3-9-15-22)25(26-23)20-12-6-2-7-13-20/h1-18H. The van der Waals surface area contributed by atoms with Crippen LogP contribution in [0.25, 0.3) is 39.2 Å². The van der Waals surface area contributed by atoms with Gasteiger partial charge in [0.15, 0.2) is 0 Å². The predicted molar refractivity (Wildman–Crippen MR) is 112 cm³/mol. The van der Waals surface area contributed by atoms with Crippen molar-refractivity contribution in [1.82, 2.24) is 9.55 Å². The first-order chi connectivity index (χ1) is 13.4. The van der Waals surface area contributed by atoms with Crippen molar-refractivity contribution in [3.05, 3.63) is 109 Å². The van der Waals surface area contributed by atoms with E-state index in [1.54, 1.807) is 0 Å². The number of para-hydroxylation sites is 1. The van der Waals surface area contributed by atoms with E-state index in [-0.39, 0.29) is 0 Å². The van der Waals surface area contributed by atoms with E-state index in [1.807, 2.05) is 18.2 Å². The minimum Gasteiger partial charge on any atom is -0.292 e. The topological polar surface area (TPSA) is 17.8 Å². The molecule has 2 heteroatoms. The Morgan fingerprint density at radius 3 is 1.78 bits per heavy atom. The quantitative estimate of drug-likeness (QED) is 0.372. The van der Waals surface area contributed by atoms with Gasteiger partial charge in [0.25, 0.3) is 0 Å². The smallest absolute Gasteiger partial charge is 0.145 e. The zero-order valence-electron chi connectivity index (χ0n) is 14.8. The molecule has 0 fully saturated rings. The van der Waals surface area contributed by atoms with Gasteiger partial charge in [0.2, 0.25) is 0 Å². The van der Waals surface area contributed by atoms with Gasteiger partial charge in [0.1, 0.15) is 5.82 Å². The summed E-state index contributed by atoms with van der Waals surface area (Å²) in [5, 5.41) is 0. The van der Waals surface area contributed by atoms with E-state index in [2.05, 4.69) is 95.6 Å². The molecule has 0 unspecified atom stereocenters. The summed E-state index contributed by atoms with van der Waals surface area (Å²) in [5.74, 6) is 0.960. The molecule has 0 N–H and O–H groups in total. The molecule has 1 aromatic heterocycles. The Morgan fingerprint density at radius 1 is 0.519 bits per heavy atom. The molecular weight excluding hydrogens is 328 g/mol. The first kappa shape index (κ1) is 15.6. The fourth-order valence-electron chi connectivity index (χ4n) is 3.50. The second-order valence-electron chi connectivity index (χ2n) is 6.54. The van der Waals surface area contributed by atoms with E-state index in [0.29, 0.717) is 0 Å². The fraction of sp³-hybridized carbons (Fsp3) is 0. The number of imidazole rings is 1. The largest absolute Gasteiger partial charge is 0.292 e. The van der Waals surface area contributed by atoms with Gasteiger partial charge in [-0.05, 0) is 35.4 Å². The molecule has 0 aliphatic carbocycles. The van der Waals surface area contributed by atoms with Crippen LogP contribution in [0.1, 0.15) is 0 Å². The van der Waals surface area contributed by atoms with E-state index >= 15 is 0 Å². The average molecular weight is 346 g/mol. The Balaban J connectivity index is 1.80. The second kappa shape index (κ2) is 6.58. The molecule has 0 aliphatic heterocycles. The Kier molecular flexibility index (Phi) is 3.80. The Morgan fingerprint density at radius 2 is 1.11 bits per heavy atom. The molecule has 4 aromatic carbocycles. The third-order valence-electron chi connectivity index (χ3n) is 4.81. The highest BCUT2D eigenvalue weighted by atomic mass is 15.1. The molecule has 1 heterocycles. The predicted octanol–water partition coefficient (Wildman–Crippen LogP) is 6.36. The summed E-state index contributed by atoms with van der Waals surface area (Å²) in [6.45, 7) is 0. The molecule has 0 radical (unpaired) electrons. The molecule has 5 aromatic rings. The summed E-state index contributed by atoms with van der Waals surface area (Å²) in [7, 11) is 0. The first-order valence-corrected chi connectivity index (χ1v) is 9.09. The summed E-state index contributed by atoms with van der Waals surface area (Å²) < 4.78 is 2.25. The molecule has 0 spiro atoms. The van der Waals surface area contributed by atoms with Crippen LogP contribution in [-0.4, -0.2) is 9.55 Å².